The van der Waals surface area contributed by atoms with Crippen LogP contribution in [0.15, 0.2) is 6.07 Å². The highest BCUT2D eigenvalue weighted by atomic mass is 32.1. The van der Waals surface area contributed by atoms with Crippen LogP contribution in [-0.4, -0.2) is 37.0 Å². The SMILES string of the molecule is O=C(NCCN1CCCCC1)c1cc2c(s1)CCCC2. The third-order valence-electron chi connectivity index (χ3n) is 4.38. The Balaban J connectivity index is 1.47. The highest BCUT2D eigenvalue weighted by molar-refractivity contribution is 7.14. The molecule has 1 aromatic heterocycles. The molecule has 0 spiro atoms. The molecule has 1 amide bonds. The molecule has 0 bridgehead atoms. The van der Waals surface area contributed by atoms with Gasteiger partial charge in [-0.2, -0.15) is 0 Å². The van der Waals surface area contributed by atoms with Gasteiger partial charge in [0.25, 0.3) is 5.91 Å². The number of hydrogen-bond acceptors (Lipinski definition) is 3. The van der Waals surface area contributed by atoms with Crippen molar-refractivity contribution in [3.8, 4) is 0 Å². The smallest absolute Gasteiger partial charge is 0.261 e. The van der Waals surface area contributed by atoms with Gasteiger partial charge in [0, 0.05) is 18.0 Å². The van der Waals surface area contributed by atoms with E-state index >= 15 is 0 Å². The van der Waals surface area contributed by atoms with E-state index in [2.05, 4.69) is 16.3 Å². The van der Waals surface area contributed by atoms with Gasteiger partial charge >= 0.3 is 0 Å². The van der Waals surface area contributed by atoms with Crippen molar-refractivity contribution in [1.29, 1.82) is 0 Å². The summed E-state index contributed by atoms with van der Waals surface area (Å²) in [5.74, 6) is 0.126. The number of hydrogen-bond donors (Lipinski definition) is 1. The lowest BCUT2D eigenvalue weighted by Crippen LogP contribution is -2.37. The van der Waals surface area contributed by atoms with Gasteiger partial charge in [0.05, 0.1) is 4.88 Å². The van der Waals surface area contributed by atoms with E-state index in [0.29, 0.717) is 0 Å². The third-order valence-corrected chi connectivity index (χ3v) is 5.62. The van der Waals surface area contributed by atoms with Gasteiger partial charge in [-0.3, -0.25) is 4.79 Å². The number of rotatable bonds is 4. The minimum absolute atomic E-state index is 0.126. The first-order valence-electron chi connectivity index (χ1n) is 7.95. The fourth-order valence-electron chi connectivity index (χ4n) is 3.20. The molecule has 2 heterocycles. The number of likely N-dealkylation sites (tertiary alicyclic amines) is 1. The molecule has 0 radical (unpaired) electrons. The van der Waals surface area contributed by atoms with Gasteiger partial charge in [-0.25, -0.2) is 0 Å². The maximum Gasteiger partial charge on any atom is 0.261 e. The minimum Gasteiger partial charge on any atom is -0.350 e. The van der Waals surface area contributed by atoms with Gasteiger partial charge in [0.2, 0.25) is 0 Å². The summed E-state index contributed by atoms with van der Waals surface area (Å²) >= 11 is 1.70. The molecule has 4 heteroatoms. The summed E-state index contributed by atoms with van der Waals surface area (Å²) in [5, 5.41) is 3.09. The second-order valence-corrected chi connectivity index (χ2v) is 7.06. The van der Waals surface area contributed by atoms with Crippen molar-refractivity contribution in [2.24, 2.45) is 0 Å². The first-order valence-corrected chi connectivity index (χ1v) is 8.77. The predicted molar refractivity (Wildman–Crippen MR) is 83.6 cm³/mol. The zero-order chi connectivity index (χ0) is 13.8. The normalized spacial score (nSPS) is 19.6. The molecule has 0 unspecified atom stereocenters. The maximum atomic E-state index is 12.2. The van der Waals surface area contributed by atoms with Crippen molar-refractivity contribution in [3.05, 3.63) is 21.4 Å². The van der Waals surface area contributed by atoms with Crippen LogP contribution in [0.25, 0.3) is 0 Å². The summed E-state index contributed by atoms with van der Waals surface area (Å²) in [4.78, 5) is 17.0. The van der Waals surface area contributed by atoms with Gasteiger partial charge in [0.1, 0.15) is 0 Å². The summed E-state index contributed by atoms with van der Waals surface area (Å²) in [6, 6.07) is 2.12. The number of thiophene rings is 1. The van der Waals surface area contributed by atoms with Crippen LogP contribution in [0.4, 0.5) is 0 Å². The molecule has 1 fully saturated rings. The second kappa shape index (κ2) is 6.72. The molecular formula is C16H24N2OS. The lowest BCUT2D eigenvalue weighted by Gasteiger charge is -2.26. The molecule has 1 aromatic rings. The van der Waals surface area contributed by atoms with Crippen LogP contribution < -0.4 is 5.32 Å². The van der Waals surface area contributed by atoms with Crippen molar-refractivity contribution < 1.29 is 4.79 Å². The first kappa shape index (κ1) is 14.1. The summed E-state index contributed by atoms with van der Waals surface area (Å²) in [5.41, 5.74) is 1.42. The molecule has 1 aliphatic carbocycles. The molecule has 110 valence electrons. The van der Waals surface area contributed by atoms with Crippen LogP contribution in [0.3, 0.4) is 0 Å². The quantitative estimate of drug-likeness (QED) is 0.925. The second-order valence-electron chi connectivity index (χ2n) is 5.92. The van der Waals surface area contributed by atoms with E-state index in [1.54, 1.807) is 11.3 Å². The van der Waals surface area contributed by atoms with Crippen molar-refractivity contribution in [3.63, 3.8) is 0 Å². The molecule has 2 aliphatic rings. The highest BCUT2D eigenvalue weighted by Gasteiger charge is 2.17. The van der Waals surface area contributed by atoms with Crippen molar-refractivity contribution in [1.82, 2.24) is 10.2 Å². The molecule has 1 aliphatic heterocycles. The Kier molecular flexibility index (Phi) is 4.73. The molecule has 1 saturated heterocycles. The van der Waals surface area contributed by atoms with E-state index in [-0.39, 0.29) is 5.91 Å². The molecule has 0 atom stereocenters. The summed E-state index contributed by atoms with van der Waals surface area (Å²) < 4.78 is 0. The van der Waals surface area contributed by atoms with Crippen LogP contribution in [0.5, 0.6) is 0 Å². The van der Waals surface area contributed by atoms with E-state index < -0.39 is 0 Å². The predicted octanol–water partition coefficient (Wildman–Crippen LogP) is 2.84. The van der Waals surface area contributed by atoms with Crippen LogP contribution in [0.2, 0.25) is 0 Å². The first-order chi connectivity index (χ1) is 9.83. The number of piperidine rings is 1. The summed E-state index contributed by atoms with van der Waals surface area (Å²) in [6.45, 7) is 4.17. The number of nitrogens with one attached hydrogen (secondary N) is 1. The zero-order valence-electron chi connectivity index (χ0n) is 12.1. The number of fused-ring (bicyclic) bond motifs is 1. The van der Waals surface area contributed by atoms with Crippen LogP contribution in [0, 0.1) is 0 Å². The zero-order valence-corrected chi connectivity index (χ0v) is 12.9. The summed E-state index contributed by atoms with van der Waals surface area (Å²) in [6.07, 6.45) is 8.87. The number of carbonyl (C=O) groups is 1. The van der Waals surface area contributed by atoms with Gasteiger partial charge in [-0.05, 0) is 63.2 Å². The van der Waals surface area contributed by atoms with Crippen molar-refractivity contribution in [2.75, 3.05) is 26.2 Å². The Hall–Kier alpha value is -0.870. The average molecular weight is 292 g/mol. The van der Waals surface area contributed by atoms with E-state index in [9.17, 15) is 4.79 Å². The Morgan fingerprint density at radius 3 is 2.75 bits per heavy atom. The van der Waals surface area contributed by atoms with Gasteiger partial charge < -0.3 is 10.2 Å². The molecule has 20 heavy (non-hydrogen) atoms. The highest BCUT2D eigenvalue weighted by Crippen LogP contribution is 2.29. The molecular weight excluding hydrogens is 268 g/mol. The Bertz CT molecular complexity index is 440. The van der Waals surface area contributed by atoms with Crippen LogP contribution in [-0.2, 0) is 12.8 Å². The summed E-state index contributed by atoms with van der Waals surface area (Å²) in [7, 11) is 0. The monoisotopic (exact) mass is 292 g/mol. The Labute approximate surface area is 125 Å². The minimum atomic E-state index is 0.126. The van der Waals surface area contributed by atoms with E-state index in [0.717, 1.165) is 24.4 Å². The van der Waals surface area contributed by atoms with E-state index in [4.69, 9.17) is 0 Å². The Morgan fingerprint density at radius 1 is 1.15 bits per heavy atom. The largest absolute Gasteiger partial charge is 0.350 e. The topological polar surface area (TPSA) is 32.3 Å². The number of amides is 1. The lowest BCUT2D eigenvalue weighted by atomic mass is 9.99. The molecule has 0 saturated carbocycles. The third kappa shape index (κ3) is 3.41. The standard InChI is InChI=1S/C16H24N2OS/c19-16(17-8-11-18-9-4-1-5-10-18)15-12-13-6-2-3-7-14(13)20-15/h12H,1-11H2,(H,17,19). The molecule has 1 N–H and O–H groups in total. The fourth-order valence-corrected chi connectivity index (χ4v) is 4.37. The number of aryl methyl sites for hydroxylation is 2. The average Bonchev–Trinajstić information content (AvgIpc) is 2.92. The van der Waals surface area contributed by atoms with E-state index in [1.165, 1.54) is 62.1 Å². The maximum absolute atomic E-state index is 12.2. The van der Waals surface area contributed by atoms with Gasteiger partial charge in [-0.15, -0.1) is 11.3 Å². The van der Waals surface area contributed by atoms with Crippen LogP contribution >= 0.6 is 11.3 Å². The van der Waals surface area contributed by atoms with Gasteiger partial charge in [-0.1, -0.05) is 6.42 Å². The van der Waals surface area contributed by atoms with Crippen molar-refractivity contribution >= 4 is 17.2 Å². The fraction of sp³-hybridized carbons (Fsp3) is 0.688. The van der Waals surface area contributed by atoms with Crippen molar-refractivity contribution in [2.45, 2.75) is 44.9 Å². The Morgan fingerprint density at radius 2 is 1.95 bits per heavy atom. The van der Waals surface area contributed by atoms with Crippen LogP contribution in [0.1, 0.15) is 52.2 Å². The molecule has 3 nitrogen and oxygen atoms in total. The van der Waals surface area contributed by atoms with Gasteiger partial charge in [0.15, 0.2) is 0 Å². The number of carbonyl (C=O) groups excluding carboxylic acids is 1. The lowest BCUT2D eigenvalue weighted by molar-refractivity contribution is 0.0950. The molecule has 3 rings (SSSR count). The molecule has 0 aromatic carbocycles. The number of nitrogens with zero attached hydrogens (tertiary/aromatic N) is 1. The van der Waals surface area contributed by atoms with E-state index in [1.807, 2.05) is 0 Å².